The quantitative estimate of drug-likeness (QED) is 0.738. The van der Waals surface area contributed by atoms with Crippen LogP contribution in [0.15, 0.2) is 42.5 Å². The Morgan fingerprint density at radius 1 is 0.867 bits per heavy atom. The molecule has 0 unspecified atom stereocenters. The fourth-order valence-electron chi connectivity index (χ4n) is 1.37. The molecule has 1 nitrogen and oxygen atoms in total. The van der Waals surface area contributed by atoms with Crippen LogP contribution in [0.5, 0.6) is 0 Å². The third-order valence-corrected chi connectivity index (χ3v) is 2.72. The van der Waals surface area contributed by atoms with E-state index >= 15 is 0 Å². The molecule has 0 radical (unpaired) electrons. The van der Waals surface area contributed by atoms with E-state index < -0.39 is 0 Å². The lowest BCUT2D eigenvalue weighted by Crippen LogP contribution is -1.86. The van der Waals surface area contributed by atoms with Crippen molar-refractivity contribution >= 4 is 28.9 Å². The Labute approximate surface area is 98.4 Å². The van der Waals surface area contributed by atoms with Gasteiger partial charge in [0.1, 0.15) is 0 Å². The zero-order chi connectivity index (χ0) is 10.8. The lowest BCUT2D eigenvalue weighted by Gasteiger charge is -2.04. The van der Waals surface area contributed by atoms with Gasteiger partial charge >= 0.3 is 0 Å². The van der Waals surface area contributed by atoms with Crippen molar-refractivity contribution in [3.8, 4) is 11.1 Å². The van der Waals surface area contributed by atoms with Crippen molar-refractivity contribution in [2.45, 2.75) is 0 Å². The molecule has 0 aliphatic heterocycles. The third kappa shape index (κ3) is 2.25. The van der Waals surface area contributed by atoms with Crippen molar-refractivity contribution < 1.29 is 0 Å². The van der Waals surface area contributed by atoms with Crippen LogP contribution in [0.25, 0.3) is 11.1 Å². The number of benzene rings is 2. The molecule has 76 valence electrons. The van der Waals surface area contributed by atoms with Gasteiger partial charge < -0.3 is 5.73 Å². The lowest BCUT2D eigenvalue weighted by molar-refractivity contribution is 1.61. The van der Waals surface area contributed by atoms with Gasteiger partial charge in [-0.25, -0.2) is 0 Å². The van der Waals surface area contributed by atoms with Crippen LogP contribution in [0.2, 0.25) is 10.0 Å². The highest BCUT2D eigenvalue weighted by atomic mass is 35.5. The third-order valence-electron chi connectivity index (χ3n) is 2.16. The number of hydrogen-bond donors (Lipinski definition) is 1. The number of hydrogen-bond acceptors (Lipinski definition) is 1. The van der Waals surface area contributed by atoms with Crippen LogP contribution in [0.1, 0.15) is 0 Å². The minimum Gasteiger partial charge on any atom is -0.398 e. The van der Waals surface area contributed by atoms with Crippen molar-refractivity contribution in [2.24, 2.45) is 0 Å². The summed E-state index contributed by atoms with van der Waals surface area (Å²) in [6.45, 7) is 0. The number of anilines is 1. The van der Waals surface area contributed by atoms with Crippen molar-refractivity contribution in [1.82, 2.24) is 0 Å². The SMILES string of the molecule is Nc1ccc(-c2cccc(Cl)c2)cc1Cl. The van der Waals surface area contributed by atoms with Crippen LogP contribution in [0.3, 0.4) is 0 Å². The van der Waals surface area contributed by atoms with Gasteiger partial charge in [0.25, 0.3) is 0 Å². The number of nitrogens with two attached hydrogens (primary N) is 1. The van der Waals surface area contributed by atoms with Gasteiger partial charge in [-0.15, -0.1) is 0 Å². The first-order chi connectivity index (χ1) is 7.16. The number of nitrogen functional groups attached to an aromatic ring is 1. The molecular formula is C12H9Cl2N. The topological polar surface area (TPSA) is 26.0 Å². The van der Waals surface area contributed by atoms with Gasteiger partial charge in [0.15, 0.2) is 0 Å². The predicted molar refractivity (Wildman–Crippen MR) is 66.3 cm³/mol. The van der Waals surface area contributed by atoms with Gasteiger partial charge in [-0.3, -0.25) is 0 Å². The fraction of sp³-hybridized carbons (Fsp3) is 0. The van der Waals surface area contributed by atoms with E-state index in [2.05, 4.69) is 0 Å². The van der Waals surface area contributed by atoms with Crippen LogP contribution < -0.4 is 5.73 Å². The van der Waals surface area contributed by atoms with Gasteiger partial charge in [0, 0.05) is 5.02 Å². The molecular weight excluding hydrogens is 229 g/mol. The summed E-state index contributed by atoms with van der Waals surface area (Å²) in [7, 11) is 0. The first kappa shape index (κ1) is 10.3. The van der Waals surface area contributed by atoms with Crippen LogP contribution in [0, 0.1) is 0 Å². The Bertz CT molecular complexity index is 495. The second-order valence-corrected chi connectivity index (χ2v) is 4.09. The Morgan fingerprint density at radius 2 is 1.60 bits per heavy atom. The monoisotopic (exact) mass is 237 g/mol. The van der Waals surface area contributed by atoms with Crippen LogP contribution in [-0.2, 0) is 0 Å². The van der Waals surface area contributed by atoms with E-state index in [9.17, 15) is 0 Å². The molecule has 2 rings (SSSR count). The highest BCUT2D eigenvalue weighted by molar-refractivity contribution is 6.33. The Hall–Kier alpha value is -1.18. The first-order valence-corrected chi connectivity index (χ1v) is 5.23. The van der Waals surface area contributed by atoms with Gasteiger partial charge in [-0.2, -0.15) is 0 Å². The summed E-state index contributed by atoms with van der Waals surface area (Å²) in [6.07, 6.45) is 0. The minimum atomic E-state index is 0.562. The zero-order valence-electron chi connectivity index (χ0n) is 7.87. The van der Waals surface area contributed by atoms with Gasteiger partial charge in [-0.1, -0.05) is 41.4 Å². The highest BCUT2D eigenvalue weighted by Crippen LogP contribution is 2.28. The second kappa shape index (κ2) is 4.13. The van der Waals surface area contributed by atoms with E-state index in [1.165, 1.54) is 0 Å². The molecule has 0 saturated carbocycles. The molecule has 0 aliphatic rings. The van der Waals surface area contributed by atoms with E-state index in [4.69, 9.17) is 28.9 Å². The van der Waals surface area contributed by atoms with Crippen molar-refractivity contribution in [3.63, 3.8) is 0 Å². The molecule has 15 heavy (non-hydrogen) atoms. The first-order valence-electron chi connectivity index (χ1n) is 4.48. The van der Waals surface area contributed by atoms with Crippen LogP contribution >= 0.6 is 23.2 Å². The fourth-order valence-corrected chi connectivity index (χ4v) is 1.75. The molecule has 0 aliphatic carbocycles. The zero-order valence-corrected chi connectivity index (χ0v) is 9.39. The summed E-state index contributed by atoms with van der Waals surface area (Å²) < 4.78 is 0. The molecule has 2 N–H and O–H groups in total. The van der Waals surface area contributed by atoms with Crippen LogP contribution in [0.4, 0.5) is 5.69 Å². The minimum absolute atomic E-state index is 0.562. The average molecular weight is 238 g/mol. The molecule has 3 heteroatoms. The molecule has 0 aromatic heterocycles. The molecule has 0 amide bonds. The van der Waals surface area contributed by atoms with Gasteiger partial charge in [-0.05, 0) is 35.4 Å². The standard InChI is InChI=1S/C12H9Cl2N/c13-10-3-1-2-8(6-10)9-4-5-12(15)11(14)7-9/h1-7H,15H2. The van der Waals surface area contributed by atoms with Crippen LogP contribution in [-0.4, -0.2) is 0 Å². The van der Waals surface area contributed by atoms with E-state index in [0.29, 0.717) is 15.7 Å². The largest absolute Gasteiger partial charge is 0.398 e. The van der Waals surface area contributed by atoms with E-state index in [1.54, 1.807) is 6.07 Å². The molecule has 0 heterocycles. The maximum atomic E-state index is 5.95. The number of halogens is 2. The van der Waals surface area contributed by atoms with E-state index in [1.807, 2.05) is 36.4 Å². The Kier molecular flexibility index (Phi) is 2.85. The lowest BCUT2D eigenvalue weighted by atomic mass is 10.1. The summed E-state index contributed by atoms with van der Waals surface area (Å²) in [5.41, 5.74) is 8.27. The molecule has 0 bridgehead atoms. The van der Waals surface area contributed by atoms with Crippen molar-refractivity contribution in [2.75, 3.05) is 5.73 Å². The summed E-state index contributed by atoms with van der Waals surface area (Å²) >= 11 is 11.9. The molecule has 0 saturated heterocycles. The summed E-state index contributed by atoms with van der Waals surface area (Å²) in [5.74, 6) is 0. The van der Waals surface area contributed by atoms with Gasteiger partial charge in [0.2, 0.25) is 0 Å². The molecule has 0 fully saturated rings. The maximum Gasteiger partial charge on any atom is 0.0641 e. The van der Waals surface area contributed by atoms with E-state index in [-0.39, 0.29) is 0 Å². The number of rotatable bonds is 1. The summed E-state index contributed by atoms with van der Waals surface area (Å²) in [4.78, 5) is 0. The molecule has 2 aromatic carbocycles. The smallest absolute Gasteiger partial charge is 0.0641 e. The van der Waals surface area contributed by atoms with Crippen molar-refractivity contribution in [3.05, 3.63) is 52.5 Å². The highest BCUT2D eigenvalue weighted by Gasteiger charge is 2.01. The molecule has 0 spiro atoms. The average Bonchev–Trinajstić information content (AvgIpc) is 2.22. The Balaban J connectivity index is 2.50. The normalized spacial score (nSPS) is 10.3. The van der Waals surface area contributed by atoms with Crippen molar-refractivity contribution in [1.29, 1.82) is 0 Å². The molecule has 2 aromatic rings. The van der Waals surface area contributed by atoms with E-state index in [0.717, 1.165) is 11.1 Å². The second-order valence-electron chi connectivity index (χ2n) is 3.25. The maximum absolute atomic E-state index is 5.95. The predicted octanol–water partition coefficient (Wildman–Crippen LogP) is 4.24. The molecule has 0 atom stereocenters. The Morgan fingerprint density at radius 3 is 2.27 bits per heavy atom. The summed E-state index contributed by atoms with van der Waals surface area (Å²) in [5, 5.41) is 1.27. The summed E-state index contributed by atoms with van der Waals surface area (Å²) in [6, 6.07) is 13.2. The van der Waals surface area contributed by atoms with Gasteiger partial charge in [0.05, 0.1) is 10.7 Å².